The van der Waals surface area contributed by atoms with Gasteiger partial charge in [0.25, 0.3) is 0 Å². The number of hydrogen-bond donors (Lipinski definition) is 2. The van der Waals surface area contributed by atoms with Crippen LogP contribution in [0.4, 0.5) is 0 Å². The van der Waals surface area contributed by atoms with Crippen molar-refractivity contribution in [3.05, 3.63) is 53.6 Å². The molecular weight excluding hydrogens is 288 g/mol. The van der Waals surface area contributed by atoms with Gasteiger partial charge in [-0.15, -0.1) is 0 Å². The van der Waals surface area contributed by atoms with E-state index >= 15 is 0 Å². The fraction of sp³-hybridized carbons (Fsp3) is 0.316. The van der Waals surface area contributed by atoms with Gasteiger partial charge in [-0.2, -0.15) is 0 Å². The Morgan fingerprint density at radius 2 is 1.91 bits per heavy atom. The molecule has 1 amide bonds. The second-order valence-electron chi connectivity index (χ2n) is 5.75. The highest BCUT2D eigenvalue weighted by atomic mass is 16.5. The summed E-state index contributed by atoms with van der Waals surface area (Å²) in [6.45, 7) is 2.05. The molecule has 0 bridgehead atoms. The van der Waals surface area contributed by atoms with E-state index in [-0.39, 0.29) is 5.91 Å². The van der Waals surface area contributed by atoms with Crippen molar-refractivity contribution in [2.24, 2.45) is 0 Å². The Hall–Kier alpha value is -2.33. The van der Waals surface area contributed by atoms with Crippen molar-refractivity contribution in [2.75, 3.05) is 20.2 Å². The van der Waals surface area contributed by atoms with Crippen LogP contribution < -0.4 is 15.4 Å². The van der Waals surface area contributed by atoms with Crippen LogP contribution in [-0.2, 0) is 17.8 Å². The fourth-order valence-electron chi connectivity index (χ4n) is 2.71. The Kier molecular flexibility index (Phi) is 4.93. The molecule has 0 unspecified atom stereocenters. The smallest absolute Gasteiger partial charge is 0.221 e. The highest BCUT2D eigenvalue weighted by Gasteiger charge is 2.12. The van der Waals surface area contributed by atoms with E-state index in [1.165, 1.54) is 16.7 Å². The lowest BCUT2D eigenvalue weighted by molar-refractivity contribution is -0.121. The third kappa shape index (κ3) is 3.90. The van der Waals surface area contributed by atoms with E-state index in [9.17, 15) is 4.79 Å². The summed E-state index contributed by atoms with van der Waals surface area (Å²) in [5, 5.41) is 5.90. The van der Waals surface area contributed by atoms with Crippen molar-refractivity contribution in [3.8, 4) is 16.9 Å². The number of rotatable bonds is 6. The normalized spacial score (nSPS) is 12.6. The molecule has 2 aromatic carbocycles. The summed E-state index contributed by atoms with van der Waals surface area (Å²) >= 11 is 0. The summed E-state index contributed by atoms with van der Waals surface area (Å²) in [7, 11) is 1.84. The van der Waals surface area contributed by atoms with Crippen LogP contribution in [0, 0.1) is 0 Å². The molecule has 2 N–H and O–H groups in total. The van der Waals surface area contributed by atoms with Gasteiger partial charge in [-0.05, 0) is 41.4 Å². The average molecular weight is 310 g/mol. The second-order valence-corrected chi connectivity index (χ2v) is 5.75. The predicted molar refractivity (Wildman–Crippen MR) is 91.5 cm³/mol. The van der Waals surface area contributed by atoms with Crippen molar-refractivity contribution in [1.29, 1.82) is 0 Å². The van der Waals surface area contributed by atoms with Gasteiger partial charge in [0.15, 0.2) is 0 Å². The van der Waals surface area contributed by atoms with Crippen molar-refractivity contribution >= 4 is 5.91 Å². The minimum Gasteiger partial charge on any atom is -0.493 e. The Bertz CT molecular complexity index is 680. The third-order valence-corrected chi connectivity index (χ3v) is 4.07. The second kappa shape index (κ2) is 7.29. The van der Waals surface area contributed by atoms with Gasteiger partial charge in [0, 0.05) is 25.9 Å². The number of carbonyl (C=O) groups is 1. The van der Waals surface area contributed by atoms with Crippen LogP contribution in [0.2, 0.25) is 0 Å². The number of hydrogen-bond acceptors (Lipinski definition) is 3. The molecular formula is C19H22N2O2. The molecule has 4 heteroatoms. The maximum atomic E-state index is 11.6. The molecule has 0 fully saturated rings. The minimum atomic E-state index is 0.0713. The SMILES string of the molecule is CNCCC(=O)NCc1ccc(-c2ccc3c(c2)CCO3)cc1. The highest BCUT2D eigenvalue weighted by molar-refractivity contribution is 5.76. The van der Waals surface area contributed by atoms with Crippen LogP contribution in [0.3, 0.4) is 0 Å². The van der Waals surface area contributed by atoms with Crippen LogP contribution in [0.1, 0.15) is 17.5 Å². The van der Waals surface area contributed by atoms with Crippen molar-refractivity contribution in [2.45, 2.75) is 19.4 Å². The summed E-state index contributed by atoms with van der Waals surface area (Å²) in [6, 6.07) is 14.7. The summed E-state index contributed by atoms with van der Waals surface area (Å²) in [5.74, 6) is 1.08. The zero-order valence-corrected chi connectivity index (χ0v) is 13.4. The predicted octanol–water partition coefficient (Wildman–Crippen LogP) is 2.51. The van der Waals surface area contributed by atoms with Crippen molar-refractivity contribution < 1.29 is 9.53 Å². The van der Waals surface area contributed by atoms with Gasteiger partial charge in [0.05, 0.1) is 6.61 Å². The Balaban J connectivity index is 1.62. The van der Waals surface area contributed by atoms with E-state index in [0.29, 0.717) is 19.5 Å². The molecule has 0 aromatic heterocycles. The van der Waals surface area contributed by atoms with E-state index < -0.39 is 0 Å². The largest absolute Gasteiger partial charge is 0.493 e. The topological polar surface area (TPSA) is 50.4 Å². The monoisotopic (exact) mass is 310 g/mol. The van der Waals surface area contributed by atoms with Crippen LogP contribution in [0.5, 0.6) is 5.75 Å². The molecule has 1 heterocycles. The van der Waals surface area contributed by atoms with Crippen molar-refractivity contribution in [1.82, 2.24) is 10.6 Å². The molecule has 0 aliphatic carbocycles. The molecule has 0 saturated carbocycles. The van der Waals surface area contributed by atoms with Gasteiger partial charge < -0.3 is 15.4 Å². The molecule has 3 rings (SSSR count). The molecule has 2 aromatic rings. The first kappa shape index (κ1) is 15.6. The van der Waals surface area contributed by atoms with Gasteiger partial charge in [-0.1, -0.05) is 30.3 Å². The number of fused-ring (bicyclic) bond motifs is 1. The van der Waals surface area contributed by atoms with Crippen LogP contribution in [-0.4, -0.2) is 26.1 Å². The zero-order chi connectivity index (χ0) is 16.1. The molecule has 0 radical (unpaired) electrons. The average Bonchev–Trinajstić information content (AvgIpc) is 3.06. The van der Waals surface area contributed by atoms with E-state index in [4.69, 9.17) is 4.74 Å². The minimum absolute atomic E-state index is 0.0713. The lowest BCUT2D eigenvalue weighted by Crippen LogP contribution is -2.26. The molecule has 0 atom stereocenters. The Morgan fingerprint density at radius 1 is 1.13 bits per heavy atom. The van der Waals surface area contributed by atoms with E-state index in [0.717, 1.165) is 24.3 Å². The highest BCUT2D eigenvalue weighted by Crippen LogP contribution is 2.30. The molecule has 23 heavy (non-hydrogen) atoms. The number of amides is 1. The number of benzene rings is 2. The first-order valence-electron chi connectivity index (χ1n) is 8.02. The zero-order valence-electron chi connectivity index (χ0n) is 13.4. The molecule has 0 spiro atoms. The van der Waals surface area contributed by atoms with E-state index in [2.05, 4.69) is 47.0 Å². The maximum absolute atomic E-state index is 11.6. The third-order valence-electron chi connectivity index (χ3n) is 4.07. The quantitative estimate of drug-likeness (QED) is 0.862. The molecule has 0 saturated heterocycles. The lowest BCUT2D eigenvalue weighted by atomic mass is 10.0. The van der Waals surface area contributed by atoms with E-state index in [1.807, 2.05) is 13.1 Å². The number of ether oxygens (including phenoxy) is 1. The number of nitrogens with one attached hydrogen (secondary N) is 2. The lowest BCUT2D eigenvalue weighted by Gasteiger charge is -2.08. The first-order valence-corrected chi connectivity index (χ1v) is 8.02. The van der Waals surface area contributed by atoms with Gasteiger partial charge >= 0.3 is 0 Å². The van der Waals surface area contributed by atoms with Gasteiger partial charge in [-0.3, -0.25) is 4.79 Å². The summed E-state index contributed by atoms with van der Waals surface area (Å²) in [6.07, 6.45) is 1.49. The number of carbonyl (C=O) groups excluding carboxylic acids is 1. The Labute approximate surface area is 136 Å². The molecule has 120 valence electrons. The van der Waals surface area contributed by atoms with Gasteiger partial charge in [-0.25, -0.2) is 0 Å². The summed E-state index contributed by atoms with van der Waals surface area (Å²) < 4.78 is 5.55. The fourth-order valence-corrected chi connectivity index (χ4v) is 2.71. The Morgan fingerprint density at radius 3 is 2.70 bits per heavy atom. The molecule has 1 aliphatic rings. The van der Waals surface area contributed by atoms with Gasteiger partial charge in [0.1, 0.15) is 5.75 Å². The van der Waals surface area contributed by atoms with Crippen molar-refractivity contribution in [3.63, 3.8) is 0 Å². The first-order chi connectivity index (χ1) is 11.3. The molecule has 4 nitrogen and oxygen atoms in total. The maximum Gasteiger partial charge on any atom is 0.221 e. The van der Waals surface area contributed by atoms with E-state index in [1.54, 1.807) is 0 Å². The summed E-state index contributed by atoms with van der Waals surface area (Å²) in [4.78, 5) is 11.6. The van der Waals surface area contributed by atoms with Crippen LogP contribution in [0.15, 0.2) is 42.5 Å². The standard InChI is InChI=1S/C19H22N2O2/c1-20-10-8-19(22)21-13-14-2-4-15(5-3-14)16-6-7-18-17(12-16)9-11-23-18/h2-7,12,20H,8-11,13H2,1H3,(H,21,22). The van der Waals surface area contributed by atoms with Crippen LogP contribution in [0.25, 0.3) is 11.1 Å². The van der Waals surface area contributed by atoms with Gasteiger partial charge in [0.2, 0.25) is 5.91 Å². The molecule has 1 aliphatic heterocycles. The van der Waals surface area contributed by atoms with Crippen LogP contribution >= 0.6 is 0 Å². The summed E-state index contributed by atoms with van der Waals surface area (Å²) in [5.41, 5.74) is 4.78.